The van der Waals surface area contributed by atoms with Crippen molar-refractivity contribution in [2.45, 2.75) is 6.61 Å². The molecule has 0 aliphatic rings. The lowest BCUT2D eigenvalue weighted by molar-refractivity contribution is 0.300. The van der Waals surface area contributed by atoms with E-state index in [1.165, 1.54) is 12.3 Å². The van der Waals surface area contributed by atoms with Crippen LogP contribution >= 0.6 is 0 Å². The number of furan rings is 1. The molecule has 0 radical (unpaired) electrons. The Bertz CT molecular complexity index is 718. The van der Waals surface area contributed by atoms with Gasteiger partial charge in [-0.25, -0.2) is 4.39 Å². The van der Waals surface area contributed by atoms with Gasteiger partial charge in [-0.15, -0.1) is 0 Å². The summed E-state index contributed by atoms with van der Waals surface area (Å²) in [6.07, 6.45) is 1.27. The van der Waals surface area contributed by atoms with E-state index < -0.39 is 0 Å². The average Bonchev–Trinajstić information content (AvgIpc) is 2.79. The Balaban J connectivity index is 1.80. The maximum atomic E-state index is 13.4. The van der Waals surface area contributed by atoms with Crippen LogP contribution in [-0.2, 0) is 6.61 Å². The normalized spacial score (nSPS) is 10.8. The molecule has 0 amide bonds. The quantitative estimate of drug-likeness (QED) is 0.775. The minimum absolute atomic E-state index is 0.0932. The second-order valence-corrected chi connectivity index (χ2v) is 4.16. The van der Waals surface area contributed by atoms with Crippen molar-refractivity contribution in [3.05, 3.63) is 60.1 Å². The average molecular weight is 258 g/mol. The Morgan fingerprint density at radius 3 is 2.84 bits per heavy atom. The van der Waals surface area contributed by atoms with Crippen molar-refractivity contribution in [2.24, 2.45) is 0 Å². The van der Waals surface area contributed by atoms with E-state index in [0.717, 1.165) is 0 Å². The first-order chi connectivity index (χ1) is 9.24. The number of aromatic hydroxyl groups is 1. The van der Waals surface area contributed by atoms with Crippen LogP contribution in [0, 0.1) is 5.82 Å². The Morgan fingerprint density at radius 1 is 1.16 bits per heavy atom. The third kappa shape index (κ3) is 2.25. The molecule has 0 aliphatic heterocycles. The number of benzene rings is 2. The van der Waals surface area contributed by atoms with Gasteiger partial charge >= 0.3 is 0 Å². The van der Waals surface area contributed by atoms with Gasteiger partial charge in [0.15, 0.2) is 5.75 Å². The molecule has 0 saturated carbocycles. The molecule has 4 heteroatoms. The van der Waals surface area contributed by atoms with E-state index in [9.17, 15) is 9.50 Å². The van der Waals surface area contributed by atoms with Crippen molar-refractivity contribution in [1.82, 2.24) is 0 Å². The predicted molar refractivity (Wildman–Crippen MR) is 68.6 cm³/mol. The molecular weight excluding hydrogens is 247 g/mol. The summed E-state index contributed by atoms with van der Waals surface area (Å²) in [7, 11) is 0. The monoisotopic (exact) mass is 258 g/mol. The smallest absolute Gasteiger partial charge is 0.161 e. The van der Waals surface area contributed by atoms with Crippen molar-refractivity contribution in [3.8, 4) is 11.5 Å². The number of halogens is 1. The molecule has 1 aromatic heterocycles. The lowest BCUT2D eigenvalue weighted by Gasteiger charge is -2.06. The summed E-state index contributed by atoms with van der Waals surface area (Å²) in [5.41, 5.74) is 1.02. The lowest BCUT2D eigenvalue weighted by atomic mass is 10.2. The summed E-state index contributed by atoms with van der Waals surface area (Å²) in [4.78, 5) is 0. The van der Waals surface area contributed by atoms with Crippen LogP contribution < -0.4 is 4.74 Å². The van der Waals surface area contributed by atoms with E-state index in [1.54, 1.807) is 36.4 Å². The first kappa shape index (κ1) is 11.6. The van der Waals surface area contributed by atoms with Crippen LogP contribution in [0.2, 0.25) is 0 Å². The predicted octanol–water partition coefficient (Wildman–Crippen LogP) is 3.86. The fourth-order valence-electron chi connectivity index (χ4n) is 1.86. The highest BCUT2D eigenvalue weighted by molar-refractivity contribution is 5.84. The first-order valence-electron chi connectivity index (χ1n) is 5.80. The second kappa shape index (κ2) is 4.65. The van der Waals surface area contributed by atoms with Crippen LogP contribution in [0.4, 0.5) is 4.39 Å². The van der Waals surface area contributed by atoms with Crippen molar-refractivity contribution < 1.29 is 18.7 Å². The third-order valence-corrected chi connectivity index (χ3v) is 2.88. The zero-order valence-corrected chi connectivity index (χ0v) is 9.97. The topological polar surface area (TPSA) is 42.6 Å². The molecule has 0 fully saturated rings. The largest absolute Gasteiger partial charge is 0.504 e. The molecule has 1 heterocycles. The molecule has 96 valence electrons. The van der Waals surface area contributed by atoms with Gasteiger partial charge < -0.3 is 14.3 Å². The Hall–Kier alpha value is -2.49. The van der Waals surface area contributed by atoms with Gasteiger partial charge in [-0.05, 0) is 18.2 Å². The summed E-state index contributed by atoms with van der Waals surface area (Å²) in [5.74, 6) is 0.361. The molecule has 19 heavy (non-hydrogen) atoms. The van der Waals surface area contributed by atoms with E-state index >= 15 is 0 Å². The number of hydrogen-bond acceptors (Lipinski definition) is 3. The highest BCUT2D eigenvalue weighted by Crippen LogP contribution is 2.29. The standard InChI is InChI=1S/C15H11FO3/c16-13-4-2-1-3-10(13)8-18-11-5-6-12-14(17)9-19-15(12)7-11/h1-7,9,17H,8H2. The summed E-state index contributed by atoms with van der Waals surface area (Å²) >= 11 is 0. The van der Waals surface area contributed by atoms with Crippen LogP contribution in [0.15, 0.2) is 53.1 Å². The minimum Gasteiger partial charge on any atom is -0.504 e. The zero-order chi connectivity index (χ0) is 13.2. The summed E-state index contributed by atoms with van der Waals surface area (Å²) in [6.45, 7) is 0.144. The van der Waals surface area contributed by atoms with E-state index in [1.807, 2.05) is 0 Å². The summed E-state index contributed by atoms with van der Waals surface area (Å²) < 4.78 is 24.1. The molecular formula is C15H11FO3. The Kier molecular flexibility index (Phi) is 2.83. The molecule has 3 aromatic rings. The minimum atomic E-state index is -0.292. The van der Waals surface area contributed by atoms with Gasteiger partial charge in [-0.2, -0.15) is 0 Å². The van der Waals surface area contributed by atoms with Crippen LogP contribution in [-0.4, -0.2) is 5.11 Å². The van der Waals surface area contributed by atoms with Gasteiger partial charge in [-0.1, -0.05) is 18.2 Å². The highest BCUT2D eigenvalue weighted by atomic mass is 19.1. The fourth-order valence-corrected chi connectivity index (χ4v) is 1.86. The number of hydrogen-bond donors (Lipinski definition) is 1. The fraction of sp³-hybridized carbons (Fsp3) is 0.0667. The van der Waals surface area contributed by atoms with Crippen LogP contribution in [0.5, 0.6) is 11.5 Å². The Labute approximate surface area is 108 Å². The van der Waals surface area contributed by atoms with Gasteiger partial charge in [-0.3, -0.25) is 0 Å². The zero-order valence-electron chi connectivity index (χ0n) is 9.97. The molecule has 3 rings (SSSR count). The van der Waals surface area contributed by atoms with Crippen molar-refractivity contribution in [2.75, 3.05) is 0 Å². The van der Waals surface area contributed by atoms with Gasteiger partial charge in [0.25, 0.3) is 0 Å². The number of rotatable bonds is 3. The van der Waals surface area contributed by atoms with E-state index in [4.69, 9.17) is 9.15 Å². The first-order valence-corrected chi connectivity index (χ1v) is 5.80. The molecule has 0 aliphatic carbocycles. The molecule has 1 N–H and O–H groups in total. The SMILES string of the molecule is Oc1coc2cc(OCc3ccccc3F)ccc12. The van der Waals surface area contributed by atoms with Gasteiger partial charge in [0.05, 0.1) is 5.39 Å². The third-order valence-electron chi connectivity index (χ3n) is 2.88. The molecule has 3 nitrogen and oxygen atoms in total. The lowest BCUT2D eigenvalue weighted by Crippen LogP contribution is -1.97. The van der Waals surface area contributed by atoms with Gasteiger partial charge in [0.1, 0.15) is 30.0 Å². The van der Waals surface area contributed by atoms with Gasteiger partial charge in [0.2, 0.25) is 0 Å². The number of fused-ring (bicyclic) bond motifs is 1. The molecule has 0 unspecified atom stereocenters. The van der Waals surface area contributed by atoms with Gasteiger partial charge in [0, 0.05) is 11.6 Å². The van der Waals surface area contributed by atoms with Crippen molar-refractivity contribution >= 4 is 11.0 Å². The Morgan fingerprint density at radius 2 is 2.00 bits per heavy atom. The van der Waals surface area contributed by atoms with Crippen LogP contribution in [0.3, 0.4) is 0 Å². The van der Waals surface area contributed by atoms with E-state index in [2.05, 4.69) is 0 Å². The molecule has 0 saturated heterocycles. The molecule has 0 bridgehead atoms. The molecule has 0 atom stereocenters. The summed E-state index contributed by atoms with van der Waals surface area (Å²) in [5, 5.41) is 10.1. The number of ether oxygens (including phenoxy) is 1. The summed E-state index contributed by atoms with van der Waals surface area (Å²) in [6, 6.07) is 11.5. The molecule has 2 aromatic carbocycles. The van der Waals surface area contributed by atoms with E-state index in [-0.39, 0.29) is 18.2 Å². The van der Waals surface area contributed by atoms with Crippen LogP contribution in [0.25, 0.3) is 11.0 Å². The van der Waals surface area contributed by atoms with Crippen molar-refractivity contribution in [1.29, 1.82) is 0 Å². The maximum absolute atomic E-state index is 13.4. The maximum Gasteiger partial charge on any atom is 0.161 e. The highest BCUT2D eigenvalue weighted by Gasteiger charge is 2.06. The van der Waals surface area contributed by atoms with E-state index in [0.29, 0.717) is 22.3 Å². The molecule has 0 spiro atoms. The van der Waals surface area contributed by atoms with Crippen molar-refractivity contribution in [3.63, 3.8) is 0 Å². The van der Waals surface area contributed by atoms with Crippen LogP contribution in [0.1, 0.15) is 5.56 Å². The second-order valence-electron chi connectivity index (χ2n) is 4.16.